The summed E-state index contributed by atoms with van der Waals surface area (Å²) >= 11 is 1.43. The van der Waals surface area contributed by atoms with Crippen LogP contribution < -0.4 is 5.32 Å². The van der Waals surface area contributed by atoms with Crippen molar-refractivity contribution in [3.8, 4) is 22.5 Å². The van der Waals surface area contributed by atoms with Crippen molar-refractivity contribution in [3.05, 3.63) is 87.6 Å². The second kappa shape index (κ2) is 14.6. The van der Waals surface area contributed by atoms with Crippen molar-refractivity contribution in [1.82, 2.24) is 25.3 Å². The van der Waals surface area contributed by atoms with Gasteiger partial charge in [-0.05, 0) is 41.2 Å². The topological polar surface area (TPSA) is 110 Å². The fourth-order valence-electron chi connectivity index (χ4n) is 4.09. The Labute approximate surface area is 251 Å². The van der Waals surface area contributed by atoms with Crippen LogP contribution in [0.1, 0.15) is 70.8 Å². The first-order valence-electron chi connectivity index (χ1n) is 13.8. The summed E-state index contributed by atoms with van der Waals surface area (Å²) in [5.41, 5.74) is 7.09. The summed E-state index contributed by atoms with van der Waals surface area (Å²) in [4.78, 5) is 41.3. The summed E-state index contributed by atoms with van der Waals surface area (Å²) in [6.45, 7) is 12.8. The average molecular weight is 586 g/mol. The summed E-state index contributed by atoms with van der Waals surface area (Å²) < 4.78 is 4.25. The van der Waals surface area contributed by atoms with Gasteiger partial charge in [-0.25, -0.2) is 15.0 Å². The van der Waals surface area contributed by atoms with Gasteiger partial charge in [0.15, 0.2) is 5.01 Å². The number of ether oxygens (including phenoxy) is 1. The maximum atomic E-state index is 12.7. The van der Waals surface area contributed by atoms with Crippen molar-refractivity contribution in [2.24, 2.45) is 0 Å². The van der Waals surface area contributed by atoms with Crippen LogP contribution in [-0.2, 0) is 16.7 Å². The van der Waals surface area contributed by atoms with Gasteiger partial charge in [0.05, 0.1) is 5.69 Å². The first-order valence-corrected chi connectivity index (χ1v) is 14.6. The third-order valence-electron chi connectivity index (χ3n) is 6.28. The Bertz CT molecular complexity index is 1630. The quantitative estimate of drug-likeness (QED) is 0.201. The fraction of sp³-hybridized carbons (Fsp3) is 0.303. The van der Waals surface area contributed by atoms with Crippen molar-refractivity contribution in [2.45, 2.75) is 53.5 Å². The number of carbonyl (C=O) groups excluding carboxylic acids is 2. The molecule has 0 aliphatic heterocycles. The molecule has 2 N–H and O–H groups in total. The lowest BCUT2D eigenvalue weighted by atomic mass is 9.96. The van der Waals surface area contributed by atoms with Crippen LogP contribution in [0.25, 0.3) is 33.5 Å². The number of methoxy groups -OCH3 is 1. The number of amides is 1. The van der Waals surface area contributed by atoms with Gasteiger partial charge in [0, 0.05) is 54.0 Å². The molecule has 0 bridgehead atoms. The molecule has 0 saturated carbocycles. The minimum absolute atomic E-state index is 0.0315. The number of rotatable bonds is 6. The monoisotopic (exact) mass is 585 g/mol. The molecule has 0 radical (unpaired) electrons. The zero-order valence-corrected chi connectivity index (χ0v) is 26.3. The van der Waals surface area contributed by atoms with E-state index in [9.17, 15) is 9.59 Å². The van der Waals surface area contributed by atoms with E-state index in [0.717, 1.165) is 55.8 Å². The van der Waals surface area contributed by atoms with Gasteiger partial charge in [0.25, 0.3) is 5.91 Å². The Morgan fingerprint density at radius 2 is 1.67 bits per heavy atom. The zero-order valence-electron chi connectivity index (χ0n) is 25.5. The highest BCUT2D eigenvalue weighted by Crippen LogP contribution is 2.31. The van der Waals surface area contributed by atoms with Crippen LogP contribution in [0.5, 0.6) is 0 Å². The number of nitrogens with one attached hydrogen (secondary N) is 2. The number of carbonyl (C=O) groups is 2. The maximum absolute atomic E-state index is 12.7. The molecule has 0 aliphatic rings. The zero-order chi connectivity index (χ0) is 30.9. The highest BCUT2D eigenvalue weighted by atomic mass is 32.1. The van der Waals surface area contributed by atoms with Gasteiger partial charge >= 0.3 is 0 Å². The van der Waals surface area contributed by atoms with Crippen molar-refractivity contribution in [3.63, 3.8) is 0 Å². The second-order valence-corrected chi connectivity index (χ2v) is 11.4. The molecule has 9 heteroatoms. The number of thiazole rings is 1. The number of benzene rings is 2. The Balaban J connectivity index is 0.000000910. The SMILES string of the molecule is CC.COC.Cc1cc(-c2ncnc3[nH]c(-c4ccc(C=O)cc4)cc23)ccc1CNC(=O)c1ncc(C(C)(C)C)s1. The summed E-state index contributed by atoms with van der Waals surface area (Å²) in [5.74, 6) is -0.164. The van der Waals surface area contributed by atoms with Crippen molar-refractivity contribution in [2.75, 3.05) is 14.2 Å². The smallest absolute Gasteiger partial charge is 0.280 e. The summed E-state index contributed by atoms with van der Waals surface area (Å²) in [6, 6.07) is 15.5. The molecule has 3 heterocycles. The molecule has 0 atom stereocenters. The molecule has 0 aliphatic carbocycles. The standard InChI is InChI=1S/C29H27N5O2S.C2H6O.C2H6/c1-17-11-20(9-10-21(17)13-30-27(36)28-31-14-24(37-28)29(2,3)4)25-22-12-23(34-26(22)33-16-32-25)19-7-5-18(15-35)6-8-19;1-3-2;1-2/h5-12,14-16H,13H2,1-4H3,(H,30,36)(H,32,33,34);1-2H3;1-2H3. The third-order valence-corrected chi connectivity index (χ3v) is 7.70. The minimum atomic E-state index is -0.164. The number of aldehydes is 1. The number of fused-ring (bicyclic) bond motifs is 1. The molecule has 0 fully saturated rings. The summed E-state index contributed by atoms with van der Waals surface area (Å²) in [6.07, 6.45) is 4.17. The van der Waals surface area contributed by atoms with Gasteiger partial charge in [-0.15, -0.1) is 11.3 Å². The molecular weight excluding hydrogens is 546 g/mol. The van der Waals surface area contributed by atoms with E-state index in [1.807, 2.05) is 51.1 Å². The first kappa shape index (κ1) is 32.3. The molecule has 0 saturated heterocycles. The number of hydrogen-bond acceptors (Lipinski definition) is 7. The van der Waals surface area contributed by atoms with E-state index in [0.29, 0.717) is 17.1 Å². The van der Waals surface area contributed by atoms with Crippen LogP contribution in [0.3, 0.4) is 0 Å². The van der Waals surface area contributed by atoms with Crippen LogP contribution in [0.4, 0.5) is 0 Å². The predicted octanol–water partition coefficient (Wildman–Crippen LogP) is 7.39. The molecule has 2 aromatic carbocycles. The van der Waals surface area contributed by atoms with Crippen LogP contribution >= 0.6 is 11.3 Å². The maximum Gasteiger partial charge on any atom is 0.280 e. The van der Waals surface area contributed by atoms with Crippen LogP contribution in [0.15, 0.2) is 61.1 Å². The number of H-pyrrole nitrogens is 1. The van der Waals surface area contributed by atoms with E-state index < -0.39 is 0 Å². The molecule has 0 unspecified atom stereocenters. The molecule has 220 valence electrons. The van der Waals surface area contributed by atoms with Crippen LogP contribution in [0, 0.1) is 6.92 Å². The highest BCUT2D eigenvalue weighted by molar-refractivity contribution is 7.13. The lowest BCUT2D eigenvalue weighted by Crippen LogP contribution is -2.23. The molecule has 0 spiro atoms. The van der Waals surface area contributed by atoms with Crippen molar-refractivity contribution < 1.29 is 14.3 Å². The highest BCUT2D eigenvalue weighted by Gasteiger charge is 2.20. The number of aryl methyl sites for hydroxylation is 1. The van der Waals surface area contributed by atoms with E-state index in [2.05, 4.69) is 56.8 Å². The Hall–Kier alpha value is -4.21. The average Bonchev–Trinajstić information content (AvgIpc) is 3.66. The van der Waals surface area contributed by atoms with Crippen molar-refractivity contribution >= 4 is 34.6 Å². The molecule has 8 nitrogen and oxygen atoms in total. The van der Waals surface area contributed by atoms with Crippen LogP contribution in [0.2, 0.25) is 0 Å². The largest absolute Gasteiger partial charge is 0.388 e. The molecule has 42 heavy (non-hydrogen) atoms. The molecule has 1 amide bonds. The lowest BCUT2D eigenvalue weighted by Gasteiger charge is -2.14. The van der Waals surface area contributed by atoms with Crippen LogP contribution in [-0.4, -0.2) is 46.3 Å². The number of aromatic amines is 1. The Kier molecular flexibility index (Phi) is 11.2. The number of hydrogen-bond donors (Lipinski definition) is 2. The summed E-state index contributed by atoms with van der Waals surface area (Å²) in [7, 11) is 3.25. The number of nitrogens with zero attached hydrogens (tertiary/aromatic N) is 3. The van der Waals surface area contributed by atoms with E-state index >= 15 is 0 Å². The van der Waals surface area contributed by atoms with Gasteiger partial charge in [0.2, 0.25) is 0 Å². The molecular formula is C33H39N5O3S. The normalized spacial score (nSPS) is 10.8. The summed E-state index contributed by atoms with van der Waals surface area (Å²) in [5, 5.41) is 4.39. The molecule has 3 aromatic heterocycles. The Morgan fingerprint density at radius 1 is 1.00 bits per heavy atom. The lowest BCUT2D eigenvalue weighted by molar-refractivity contribution is 0.0950. The second-order valence-electron chi connectivity index (χ2n) is 10.4. The van der Waals surface area contributed by atoms with Gasteiger partial charge < -0.3 is 15.0 Å². The van der Waals surface area contributed by atoms with Crippen molar-refractivity contribution in [1.29, 1.82) is 0 Å². The van der Waals surface area contributed by atoms with E-state index in [-0.39, 0.29) is 11.3 Å². The molecule has 5 rings (SSSR count). The van der Waals surface area contributed by atoms with Gasteiger partial charge in [-0.2, -0.15) is 0 Å². The van der Waals surface area contributed by atoms with E-state index in [1.165, 1.54) is 11.3 Å². The fourth-order valence-corrected chi connectivity index (χ4v) is 4.98. The Morgan fingerprint density at radius 3 is 2.26 bits per heavy atom. The molecule has 5 aromatic rings. The van der Waals surface area contributed by atoms with E-state index in [1.54, 1.807) is 38.9 Å². The van der Waals surface area contributed by atoms with Gasteiger partial charge in [0.1, 0.15) is 18.3 Å². The minimum Gasteiger partial charge on any atom is -0.388 e. The van der Waals surface area contributed by atoms with E-state index in [4.69, 9.17) is 0 Å². The van der Waals surface area contributed by atoms with Gasteiger partial charge in [-0.1, -0.05) is 71.0 Å². The van der Waals surface area contributed by atoms with Gasteiger partial charge in [-0.3, -0.25) is 9.59 Å². The first-order chi connectivity index (χ1) is 20.1. The number of aromatic nitrogens is 4. The third kappa shape index (κ3) is 7.74. The predicted molar refractivity (Wildman–Crippen MR) is 171 cm³/mol.